The molecule has 0 aromatic rings. The Morgan fingerprint density at radius 2 is 1.67 bits per heavy atom. The van der Waals surface area contributed by atoms with Crippen molar-refractivity contribution in [2.24, 2.45) is 5.92 Å². The molecule has 2 heterocycles. The summed E-state index contributed by atoms with van der Waals surface area (Å²) in [6, 6.07) is 0. The largest absolute Gasteiger partial charge is 0.228 e. The summed E-state index contributed by atoms with van der Waals surface area (Å²) in [4.78, 5) is 0. The van der Waals surface area contributed by atoms with E-state index in [4.69, 9.17) is 0 Å². The Kier molecular flexibility index (Phi) is 2.15. The molecule has 2 aliphatic heterocycles. The average Bonchev–Trinajstić information content (AvgIpc) is 2.29. The third-order valence-corrected chi connectivity index (χ3v) is 6.42. The Balaban J connectivity index is 2.23. The third kappa shape index (κ3) is 1.20. The maximum Gasteiger partial charge on any atom is 0.156 e. The number of rotatable bonds is 1. The van der Waals surface area contributed by atoms with Gasteiger partial charge in [0.2, 0.25) is 0 Å². The lowest BCUT2D eigenvalue weighted by molar-refractivity contribution is 0.463. The van der Waals surface area contributed by atoms with Crippen LogP contribution in [0.4, 0.5) is 0 Å². The van der Waals surface area contributed by atoms with Crippen molar-refractivity contribution in [1.29, 1.82) is 0 Å². The van der Waals surface area contributed by atoms with Gasteiger partial charge in [-0.3, -0.25) is 0 Å². The van der Waals surface area contributed by atoms with Gasteiger partial charge in [0.25, 0.3) is 0 Å². The molecule has 2 atom stereocenters. The van der Waals surface area contributed by atoms with Crippen molar-refractivity contribution in [3.63, 3.8) is 0 Å². The molecule has 70 valence electrons. The summed E-state index contributed by atoms with van der Waals surface area (Å²) in [6.45, 7) is 0. The predicted octanol–water partition coefficient (Wildman–Crippen LogP) is 1.27. The molecule has 0 saturated carbocycles. The summed E-state index contributed by atoms with van der Waals surface area (Å²) in [5.74, 6) is 1.40. The number of fused-ring (bicyclic) bond motifs is 2. The third-order valence-electron chi connectivity index (χ3n) is 3.19. The molecular weight excluding hydrogens is 192 g/mol. The molecule has 2 unspecified atom stereocenters. The minimum atomic E-state index is -2.71. The standard InChI is InChI=1S/C8H14O2S2/c9-12(10)7-1-2-8(12)4-6(3-7)5-11/h6-8,11H,1-5H2. The zero-order valence-corrected chi connectivity index (χ0v) is 8.65. The van der Waals surface area contributed by atoms with Crippen molar-refractivity contribution >= 4 is 22.5 Å². The highest BCUT2D eigenvalue weighted by atomic mass is 32.2. The summed E-state index contributed by atoms with van der Waals surface area (Å²) in [6.07, 6.45) is 3.53. The van der Waals surface area contributed by atoms with E-state index >= 15 is 0 Å². The van der Waals surface area contributed by atoms with E-state index in [-0.39, 0.29) is 10.5 Å². The molecule has 0 aromatic carbocycles. The van der Waals surface area contributed by atoms with Gasteiger partial charge in [0.15, 0.2) is 9.84 Å². The lowest BCUT2D eigenvalue weighted by Crippen LogP contribution is -2.33. The van der Waals surface area contributed by atoms with Gasteiger partial charge >= 0.3 is 0 Å². The van der Waals surface area contributed by atoms with Crippen molar-refractivity contribution < 1.29 is 8.42 Å². The predicted molar refractivity (Wildman–Crippen MR) is 52.3 cm³/mol. The van der Waals surface area contributed by atoms with E-state index in [1.54, 1.807) is 0 Å². The molecule has 12 heavy (non-hydrogen) atoms. The fraction of sp³-hybridized carbons (Fsp3) is 1.00. The lowest BCUT2D eigenvalue weighted by Gasteiger charge is -2.26. The van der Waals surface area contributed by atoms with Crippen molar-refractivity contribution in [2.45, 2.75) is 36.2 Å². The Bertz CT molecular complexity index is 251. The molecule has 0 aromatic heterocycles. The van der Waals surface area contributed by atoms with Gasteiger partial charge in [-0.15, -0.1) is 0 Å². The molecule has 0 spiro atoms. The van der Waals surface area contributed by atoms with E-state index in [0.717, 1.165) is 31.4 Å². The normalized spacial score (nSPS) is 44.6. The minimum absolute atomic E-state index is 0.0200. The van der Waals surface area contributed by atoms with Gasteiger partial charge in [-0.1, -0.05) is 0 Å². The van der Waals surface area contributed by atoms with Gasteiger partial charge in [0, 0.05) is 0 Å². The van der Waals surface area contributed by atoms with Crippen LogP contribution in [0.2, 0.25) is 0 Å². The van der Waals surface area contributed by atoms with Gasteiger partial charge in [0.1, 0.15) is 0 Å². The van der Waals surface area contributed by atoms with E-state index in [0.29, 0.717) is 5.92 Å². The highest BCUT2D eigenvalue weighted by Crippen LogP contribution is 2.41. The molecule has 0 radical (unpaired) electrons. The topological polar surface area (TPSA) is 34.1 Å². The quantitative estimate of drug-likeness (QED) is 0.656. The number of hydrogen-bond donors (Lipinski definition) is 1. The average molecular weight is 206 g/mol. The van der Waals surface area contributed by atoms with Crippen LogP contribution < -0.4 is 0 Å². The number of sulfone groups is 1. The molecule has 2 nitrogen and oxygen atoms in total. The number of hydrogen-bond acceptors (Lipinski definition) is 3. The van der Waals surface area contributed by atoms with Gasteiger partial charge in [-0.25, -0.2) is 8.42 Å². The molecule has 2 bridgehead atoms. The Labute approximate surface area is 79.1 Å². The van der Waals surface area contributed by atoms with Crippen LogP contribution in [0.15, 0.2) is 0 Å². The maximum absolute atomic E-state index is 11.6. The first kappa shape index (κ1) is 8.88. The minimum Gasteiger partial charge on any atom is -0.228 e. The molecule has 0 aliphatic carbocycles. The first-order valence-electron chi connectivity index (χ1n) is 4.48. The highest BCUT2D eigenvalue weighted by molar-refractivity contribution is 7.93. The van der Waals surface area contributed by atoms with Crippen LogP contribution in [0.1, 0.15) is 25.7 Å². The van der Waals surface area contributed by atoms with E-state index in [1.165, 1.54) is 0 Å². The Morgan fingerprint density at radius 1 is 1.17 bits per heavy atom. The second-order valence-electron chi connectivity index (χ2n) is 3.93. The van der Waals surface area contributed by atoms with Crippen molar-refractivity contribution in [2.75, 3.05) is 5.75 Å². The molecule has 4 heteroatoms. The van der Waals surface area contributed by atoms with Crippen LogP contribution in [-0.2, 0) is 9.84 Å². The van der Waals surface area contributed by atoms with Crippen molar-refractivity contribution in [3.05, 3.63) is 0 Å². The SMILES string of the molecule is O=S1(=O)C2CCC1CC(CS)C2. The molecule has 0 N–H and O–H groups in total. The van der Waals surface area contributed by atoms with Crippen LogP contribution in [0, 0.1) is 5.92 Å². The van der Waals surface area contributed by atoms with Gasteiger partial charge in [0.05, 0.1) is 10.5 Å². The first-order chi connectivity index (χ1) is 5.64. The molecule has 2 fully saturated rings. The van der Waals surface area contributed by atoms with Crippen LogP contribution >= 0.6 is 12.6 Å². The Morgan fingerprint density at radius 3 is 2.08 bits per heavy atom. The summed E-state index contributed by atoms with van der Waals surface area (Å²) in [5, 5.41) is -0.0400. The van der Waals surface area contributed by atoms with Gasteiger partial charge in [-0.2, -0.15) is 12.6 Å². The molecule has 2 rings (SSSR count). The van der Waals surface area contributed by atoms with Crippen LogP contribution in [0.5, 0.6) is 0 Å². The Hall–Kier alpha value is 0.300. The monoisotopic (exact) mass is 206 g/mol. The van der Waals surface area contributed by atoms with Crippen LogP contribution in [0.3, 0.4) is 0 Å². The summed E-state index contributed by atoms with van der Waals surface area (Å²) < 4.78 is 23.2. The van der Waals surface area contributed by atoms with E-state index < -0.39 is 9.84 Å². The van der Waals surface area contributed by atoms with E-state index in [2.05, 4.69) is 12.6 Å². The smallest absolute Gasteiger partial charge is 0.156 e. The highest BCUT2D eigenvalue weighted by Gasteiger charge is 2.46. The summed E-state index contributed by atoms with van der Waals surface area (Å²) in [5.41, 5.74) is 0. The van der Waals surface area contributed by atoms with Gasteiger partial charge in [-0.05, 0) is 37.4 Å². The van der Waals surface area contributed by atoms with Gasteiger partial charge < -0.3 is 0 Å². The zero-order valence-electron chi connectivity index (χ0n) is 6.94. The van der Waals surface area contributed by atoms with E-state index in [1.807, 2.05) is 0 Å². The molecule has 0 amide bonds. The molecule has 2 saturated heterocycles. The molecule has 2 aliphatic rings. The maximum atomic E-state index is 11.6. The summed E-state index contributed by atoms with van der Waals surface area (Å²) >= 11 is 4.23. The number of thiol groups is 1. The fourth-order valence-electron chi connectivity index (χ4n) is 2.47. The van der Waals surface area contributed by atoms with Crippen molar-refractivity contribution in [3.8, 4) is 0 Å². The van der Waals surface area contributed by atoms with Crippen molar-refractivity contribution in [1.82, 2.24) is 0 Å². The van der Waals surface area contributed by atoms with E-state index in [9.17, 15) is 8.42 Å². The summed E-state index contributed by atoms with van der Waals surface area (Å²) in [7, 11) is -2.71. The second kappa shape index (κ2) is 2.91. The zero-order chi connectivity index (χ0) is 8.77. The van der Waals surface area contributed by atoms with Crippen LogP contribution in [0.25, 0.3) is 0 Å². The van der Waals surface area contributed by atoms with Crippen LogP contribution in [-0.4, -0.2) is 24.7 Å². The second-order valence-corrected chi connectivity index (χ2v) is 6.81. The lowest BCUT2D eigenvalue weighted by atomic mass is 10.0. The molecular formula is C8H14O2S2. The first-order valence-corrected chi connectivity index (χ1v) is 6.72. The fourth-order valence-corrected chi connectivity index (χ4v) is 5.32.